The second kappa shape index (κ2) is 2.01. The van der Waals surface area contributed by atoms with E-state index in [2.05, 4.69) is 31.1 Å². The zero-order valence-corrected chi connectivity index (χ0v) is 6.31. The standard InChI is InChI=1S/C7H14N2/c1-6-4-7(2,3)9-5-8-6/h5-6H,4H2,1-3H3,(H,8,9). The first-order chi connectivity index (χ1) is 4.10. The average molecular weight is 126 g/mol. The van der Waals surface area contributed by atoms with Gasteiger partial charge in [0.25, 0.3) is 0 Å². The lowest BCUT2D eigenvalue weighted by Crippen LogP contribution is -2.38. The highest BCUT2D eigenvalue weighted by Crippen LogP contribution is 2.17. The molecule has 0 fully saturated rings. The fourth-order valence-electron chi connectivity index (χ4n) is 1.20. The molecule has 0 spiro atoms. The maximum Gasteiger partial charge on any atom is 0.0832 e. The van der Waals surface area contributed by atoms with E-state index >= 15 is 0 Å². The molecule has 2 heteroatoms. The SMILES string of the molecule is CC1CC(C)(C)N=CN1. The van der Waals surface area contributed by atoms with Gasteiger partial charge in [-0.05, 0) is 27.2 Å². The fraction of sp³-hybridized carbons (Fsp3) is 0.857. The lowest BCUT2D eigenvalue weighted by Gasteiger charge is -2.28. The van der Waals surface area contributed by atoms with Crippen molar-refractivity contribution in [3.05, 3.63) is 0 Å². The Bertz CT molecular complexity index is 127. The van der Waals surface area contributed by atoms with Gasteiger partial charge in [0, 0.05) is 6.04 Å². The third kappa shape index (κ3) is 1.70. The van der Waals surface area contributed by atoms with Crippen LogP contribution in [0.3, 0.4) is 0 Å². The molecule has 2 nitrogen and oxygen atoms in total. The molecule has 0 radical (unpaired) electrons. The highest BCUT2D eigenvalue weighted by atomic mass is 15.0. The van der Waals surface area contributed by atoms with Gasteiger partial charge in [-0.2, -0.15) is 0 Å². The van der Waals surface area contributed by atoms with Crippen molar-refractivity contribution in [2.45, 2.75) is 38.8 Å². The van der Waals surface area contributed by atoms with Crippen LogP contribution in [0.15, 0.2) is 4.99 Å². The van der Waals surface area contributed by atoms with Gasteiger partial charge in [-0.3, -0.25) is 4.99 Å². The van der Waals surface area contributed by atoms with Crippen LogP contribution in [0.2, 0.25) is 0 Å². The monoisotopic (exact) mass is 126 g/mol. The molecule has 0 aromatic carbocycles. The summed E-state index contributed by atoms with van der Waals surface area (Å²) < 4.78 is 0. The van der Waals surface area contributed by atoms with E-state index in [1.54, 1.807) is 0 Å². The topological polar surface area (TPSA) is 24.4 Å². The van der Waals surface area contributed by atoms with Crippen molar-refractivity contribution in [2.75, 3.05) is 0 Å². The van der Waals surface area contributed by atoms with Crippen LogP contribution in [0.1, 0.15) is 27.2 Å². The minimum atomic E-state index is 0.157. The van der Waals surface area contributed by atoms with E-state index in [9.17, 15) is 0 Å². The Kier molecular flexibility index (Phi) is 1.47. The van der Waals surface area contributed by atoms with Crippen LogP contribution >= 0.6 is 0 Å². The minimum absolute atomic E-state index is 0.157. The van der Waals surface area contributed by atoms with Gasteiger partial charge in [-0.1, -0.05) is 0 Å². The van der Waals surface area contributed by atoms with Crippen LogP contribution in [0, 0.1) is 0 Å². The van der Waals surface area contributed by atoms with Gasteiger partial charge in [-0.15, -0.1) is 0 Å². The highest BCUT2D eigenvalue weighted by molar-refractivity contribution is 5.56. The summed E-state index contributed by atoms with van der Waals surface area (Å²) in [6.45, 7) is 6.48. The number of hydrogen-bond acceptors (Lipinski definition) is 2. The summed E-state index contributed by atoms with van der Waals surface area (Å²) in [5.41, 5.74) is 0.157. The van der Waals surface area contributed by atoms with Crippen LogP contribution in [-0.4, -0.2) is 17.9 Å². The predicted octanol–water partition coefficient (Wildman–Crippen LogP) is 1.18. The van der Waals surface area contributed by atoms with Gasteiger partial charge in [0.15, 0.2) is 0 Å². The summed E-state index contributed by atoms with van der Waals surface area (Å²) in [6.07, 6.45) is 2.94. The van der Waals surface area contributed by atoms with Gasteiger partial charge in [0.05, 0.1) is 11.9 Å². The number of hydrogen-bond donors (Lipinski definition) is 1. The van der Waals surface area contributed by atoms with Gasteiger partial charge in [0.1, 0.15) is 0 Å². The van der Waals surface area contributed by atoms with Crippen molar-refractivity contribution in [2.24, 2.45) is 4.99 Å². The first-order valence-corrected chi connectivity index (χ1v) is 3.40. The van der Waals surface area contributed by atoms with Gasteiger partial charge >= 0.3 is 0 Å². The summed E-state index contributed by atoms with van der Waals surface area (Å²) >= 11 is 0. The largest absolute Gasteiger partial charge is 0.374 e. The lowest BCUT2D eigenvalue weighted by atomic mass is 9.96. The van der Waals surface area contributed by atoms with Crippen molar-refractivity contribution in [3.63, 3.8) is 0 Å². The minimum Gasteiger partial charge on any atom is -0.374 e. The maximum absolute atomic E-state index is 4.28. The molecule has 0 aromatic heterocycles. The third-order valence-corrected chi connectivity index (χ3v) is 1.58. The Morgan fingerprint density at radius 2 is 2.33 bits per heavy atom. The highest BCUT2D eigenvalue weighted by Gasteiger charge is 2.21. The summed E-state index contributed by atoms with van der Waals surface area (Å²) in [5.74, 6) is 0. The second-order valence-electron chi connectivity index (χ2n) is 3.34. The smallest absolute Gasteiger partial charge is 0.0832 e. The predicted molar refractivity (Wildman–Crippen MR) is 39.8 cm³/mol. The van der Waals surface area contributed by atoms with Crippen molar-refractivity contribution in [3.8, 4) is 0 Å². The molecule has 1 heterocycles. The molecule has 0 saturated heterocycles. The molecular weight excluding hydrogens is 112 g/mol. The molecule has 1 N–H and O–H groups in total. The Hall–Kier alpha value is -0.530. The van der Waals surface area contributed by atoms with Gasteiger partial charge in [-0.25, -0.2) is 0 Å². The van der Waals surface area contributed by atoms with Crippen molar-refractivity contribution in [1.82, 2.24) is 5.32 Å². The molecule has 0 amide bonds. The van der Waals surface area contributed by atoms with Crippen LogP contribution in [0.5, 0.6) is 0 Å². The zero-order chi connectivity index (χ0) is 6.91. The van der Waals surface area contributed by atoms with E-state index in [0.29, 0.717) is 6.04 Å². The second-order valence-corrected chi connectivity index (χ2v) is 3.34. The Balaban J connectivity index is 2.60. The van der Waals surface area contributed by atoms with Crippen LogP contribution in [-0.2, 0) is 0 Å². The fourth-order valence-corrected chi connectivity index (χ4v) is 1.20. The normalized spacial score (nSPS) is 31.7. The molecule has 0 saturated carbocycles. The van der Waals surface area contributed by atoms with Crippen LogP contribution in [0.25, 0.3) is 0 Å². The molecular formula is C7H14N2. The summed E-state index contributed by atoms with van der Waals surface area (Å²) in [7, 11) is 0. The van der Waals surface area contributed by atoms with E-state index in [4.69, 9.17) is 0 Å². The Morgan fingerprint density at radius 1 is 1.67 bits per heavy atom. The zero-order valence-electron chi connectivity index (χ0n) is 6.31. The van der Waals surface area contributed by atoms with Gasteiger partial charge in [0.2, 0.25) is 0 Å². The van der Waals surface area contributed by atoms with Crippen molar-refractivity contribution >= 4 is 6.34 Å². The number of nitrogens with one attached hydrogen (secondary N) is 1. The van der Waals surface area contributed by atoms with E-state index < -0.39 is 0 Å². The molecule has 1 atom stereocenters. The third-order valence-electron chi connectivity index (χ3n) is 1.58. The Labute approximate surface area is 56.4 Å². The molecule has 1 unspecified atom stereocenters. The van der Waals surface area contributed by atoms with E-state index in [0.717, 1.165) is 6.42 Å². The quantitative estimate of drug-likeness (QED) is 0.517. The summed E-state index contributed by atoms with van der Waals surface area (Å²) in [6, 6.07) is 0.581. The molecule has 1 aliphatic heterocycles. The Morgan fingerprint density at radius 3 is 2.67 bits per heavy atom. The molecule has 52 valence electrons. The average Bonchev–Trinajstić information content (AvgIpc) is 1.60. The summed E-state index contributed by atoms with van der Waals surface area (Å²) in [5, 5.41) is 3.15. The first-order valence-electron chi connectivity index (χ1n) is 3.40. The molecule has 1 rings (SSSR count). The molecule has 0 aromatic rings. The number of rotatable bonds is 0. The van der Waals surface area contributed by atoms with E-state index in [1.165, 1.54) is 0 Å². The van der Waals surface area contributed by atoms with E-state index in [1.807, 2.05) is 6.34 Å². The molecule has 1 aliphatic rings. The van der Waals surface area contributed by atoms with Crippen LogP contribution < -0.4 is 5.32 Å². The lowest BCUT2D eigenvalue weighted by molar-refractivity contribution is 0.402. The number of aliphatic imine (C=N–C) groups is 1. The molecule has 0 aliphatic carbocycles. The van der Waals surface area contributed by atoms with Crippen LogP contribution in [0.4, 0.5) is 0 Å². The number of nitrogens with zero attached hydrogens (tertiary/aromatic N) is 1. The maximum atomic E-state index is 4.28. The first kappa shape index (κ1) is 6.59. The van der Waals surface area contributed by atoms with Crippen molar-refractivity contribution in [1.29, 1.82) is 0 Å². The summed E-state index contributed by atoms with van der Waals surface area (Å²) in [4.78, 5) is 4.28. The van der Waals surface area contributed by atoms with Crippen molar-refractivity contribution < 1.29 is 0 Å². The molecule has 9 heavy (non-hydrogen) atoms. The van der Waals surface area contributed by atoms with E-state index in [-0.39, 0.29) is 5.54 Å². The molecule has 0 bridgehead atoms. The van der Waals surface area contributed by atoms with Gasteiger partial charge < -0.3 is 5.32 Å².